The molecule has 1 aliphatic heterocycles. The normalized spacial score (nSPS) is 17.9. The fourth-order valence-electron chi connectivity index (χ4n) is 3.42. The number of piperazine rings is 1. The third kappa shape index (κ3) is 5.55. The summed E-state index contributed by atoms with van der Waals surface area (Å²) in [7, 11) is -3.34. The Morgan fingerprint density at radius 1 is 1.10 bits per heavy atom. The highest BCUT2D eigenvalue weighted by Gasteiger charge is 2.28. The molecule has 0 unspecified atom stereocenters. The first-order valence-electron chi connectivity index (χ1n) is 9.65. The van der Waals surface area contributed by atoms with Gasteiger partial charge in [-0.15, -0.1) is 0 Å². The first-order valence-corrected chi connectivity index (χ1v) is 11.3. The largest absolute Gasteiger partial charge is 0.333 e. The van der Waals surface area contributed by atoms with Crippen molar-refractivity contribution in [3.63, 3.8) is 0 Å². The summed E-state index contributed by atoms with van der Waals surface area (Å²) in [6.45, 7) is 6.37. The van der Waals surface area contributed by atoms with Gasteiger partial charge in [-0.25, -0.2) is 12.8 Å². The molecule has 0 bridgehead atoms. The smallest absolute Gasteiger partial charge is 0.254 e. The van der Waals surface area contributed by atoms with Crippen molar-refractivity contribution < 1.29 is 17.6 Å². The Morgan fingerprint density at radius 3 is 2.34 bits per heavy atom. The summed E-state index contributed by atoms with van der Waals surface area (Å²) >= 11 is 0. The van der Waals surface area contributed by atoms with E-state index in [-0.39, 0.29) is 23.5 Å². The Kier molecular flexibility index (Phi) is 6.54. The van der Waals surface area contributed by atoms with Gasteiger partial charge in [0.1, 0.15) is 5.82 Å². The van der Waals surface area contributed by atoms with Crippen molar-refractivity contribution in [1.82, 2.24) is 9.80 Å². The van der Waals surface area contributed by atoms with E-state index in [9.17, 15) is 17.6 Å². The van der Waals surface area contributed by atoms with Gasteiger partial charge in [0.25, 0.3) is 5.91 Å². The molecule has 0 aliphatic carbocycles. The van der Waals surface area contributed by atoms with Crippen molar-refractivity contribution in [2.24, 2.45) is 0 Å². The summed E-state index contributed by atoms with van der Waals surface area (Å²) in [6, 6.07) is 13.0. The molecule has 2 aromatic carbocycles. The quantitative estimate of drug-likeness (QED) is 0.782. The van der Waals surface area contributed by atoms with Crippen LogP contribution in [0.3, 0.4) is 0 Å². The van der Waals surface area contributed by atoms with Crippen LogP contribution in [0.2, 0.25) is 0 Å². The Bertz CT molecular complexity index is 946. The second-order valence-electron chi connectivity index (χ2n) is 7.29. The van der Waals surface area contributed by atoms with Gasteiger partial charge in [0.2, 0.25) is 10.0 Å². The summed E-state index contributed by atoms with van der Waals surface area (Å²) in [4.78, 5) is 17.0. The highest BCUT2D eigenvalue weighted by Crippen LogP contribution is 2.18. The minimum absolute atomic E-state index is 0.00655. The number of carbonyl (C=O) groups is 1. The average Bonchev–Trinajstić information content (AvgIpc) is 2.70. The Balaban J connectivity index is 1.60. The number of carbonyl (C=O) groups excluding carboxylic acids is 1. The number of anilines is 1. The zero-order chi connectivity index (χ0) is 21.0. The first-order chi connectivity index (χ1) is 13.8. The lowest BCUT2D eigenvalue weighted by Crippen LogP contribution is -2.53. The second-order valence-corrected chi connectivity index (χ2v) is 9.30. The lowest BCUT2D eigenvalue weighted by Gasteiger charge is -2.40. The van der Waals surface area contributed by atoms with E-state index < -0.39 is 10.0 Å². The van der Waals surface area contributed by atoms with Crippen LogP contribution in [0.1, 0.15) is 29.8 Å². The fraction of sp³-hybridized carbons (Fsp3) is 0.381. The van der Waals surface area contributed by atoms with E-state index in [0.717, 1.165) is 25.2 Å². The second kappa shape index (κ2) is 8.92. The van der Waals surface area contributed by atoms with Gasteiger partial charge in [-0.2, -0.15) is 0 Å². The molecule has 0 saturated carbocycles. The molecule has 1 heterocycles. The molecule has 29 heavy (non-hydrogen) atoms. The van der Waals surface area contributed by atoms with Gasteiger partial charge in [0.05, 0.1) is 5.75 Å². The van der Waals surface area contributed by atoms with Crippen molar-refractivity contribution >= 4 is 21.6 Å². The fourth-order valence-corrected chi connectivity index (χ4v) is 4.06. The zero-order valence-corrected chi connectivity index (χ0v) is 17.5. The van der Waals surface area contributed by atoms with Gasteiger partial charge < -0.3 is 4.90 Å². The van der Waals surface area contributed by atoms with Gasteiger partial charge in [-0.3, -0.25) is 14.4 Å². The number of benzene rings is 2. The van der Waals surface area contributed by atoms with Crippen LogP contribution in [0.5, 0.6) is 0 Å². The monoisotopic (exact) mass is 419 g/mol. The van der Waals surface area contributed by atoms with E-state index >= 15 is 0 Å². The molecule has 3 rings (SSSR count). The standard InChI is InChI=1S/C21H26FN3O3S/c1-3-29(27,28)23-20-10-6-18(7-11-20)21(26)25-13-12-24(14-16(25)2)15-17-4-8-19(22)9-5-17/h4-11,16,23H,3,12-15H2,1-2H3/t16-/m1/s1. The highest BCUT2D eigenvalue weighted by molar-refractivity contribution is 7.92. The average molecular weight is 420 g/mol. The van der Waals surface area contributed by atoms with Gasteiger partial charge in [0, 0.05) is 43.5 Å². The maximum Gasteiger partial charge on any atom is 0.254 e. The predicted molar refractivity (Wildman–Crippen MR) is 112 cm³/mol. The minimum atomic E-state index is -3.34. The van der Waals surface area contributed by atoms with Crippen molar-refractivity contribution in [3.8, 4) is 0 Å². The first kappa shape index (κ1) is 21.3. The van der Waals surface area contributed by atoms with Crippen LogP contribution >= 0.6 is 0 Å². The molecular weight excluding hydrogens is 393 g/mol. The number of nitrogens with zero attached hydrogens (tertiary/aromatic N) is 2. The van der Waals surface area contributed by atoms with Gasteiger partial charge in [-0.1, -0.05) is 12.1 Å². The van der Waals surface area contributed by atoms with Crippen LogP contribution < -0.4 is 4.72 Å². The molecule has 1 N–H and O–H groups in total. The number of hydrogen-bond donors (Lipinski definition) is 1. The molecule has 2 aromatic rings. The Morgan fingerprint density at radius 2 is 1.76 bits per heavy atom. The SMILES string of the molecule is CCS(=O)(=O)Nc1ccc(C(=O)N2CCN(Cc3ccc(F)cc3)C[C@H]2C)cc1. The number of nitrogens with one attached hydrogen (secondary N) is 1. The summed E-state index contributed by atoms with van der Waals surface area (Å²) in [5.74, 6) is -0.317. The van der Waals surface area contributed by atoms with Crippen molar-refractivity contribution in [1.29, 1.82) is 0 Å². The van der Waals surface area contributed by atoms with Gasteiger partial charge >= 0.3 is 0 Å². The van der Waals surface area contributed by atoms with Crippen LogP contribution in [-0.4, -0.2) is 55.6 Å². The summed E-state index contributed by atoms with van der Waals surface area (Å²) in [5, 5.41) is 0. The van der Waals surface area contributed by atoms with Crippen molar-refractivity contribution in [3.05, 3.63) is 65.5 Å². The van der Waals surface area contributed by atoms with E-state index in [1.807, 2.05) is 11.8 Å². The number of amides is 1. The molecule has 6 nitrogen and oxygen atoms in total. The zero-order valence-electron chi connectivity index (χ0n) is 16.6. The summed E-state index contributed by atoms with van der Waals surface area (Å²) < 4.78 is 38.8. The molecule has 0 spiro atoms. The molecule has 1 saturated heterocycles. The predicted octanol–water partition coefficient (Wildman–Crippen LogP) is 2.93. The molecule has 8 heteroatoms. The van der Waals surface area contributed by atoms with Crippen molar-refractivity contribution in [2.75, 3.05) is 30.1 Å². The lowest BCUT2D eigenvalue weighted by atomic mass is 10.1. The molecule has 0 aromatic heterocycles. The molecule has 0 radical (unpaired) electrons. The summed E-state index contributed by atoms with van der Waals surface area (Å²) in [5.41, 5.74) is 2.02. The lowest BCUT2D eigenvalue weighted by molar-refractivity contribution is 0.0475. The number of halogens is 1. The van der Waals surface area contributed by atoms with Crippen LogP contribution in [0, 0.1) is 5.82 Å². The number of hydrogen-bond acceptors (Lipinski definition) is 4. The van der Waals surface area contributed by atoms with Crippen molar-refractivity contribution in [2.45, 2.75) is 26.4 Å². The van der Waals surface area contributed by atoms with E-state index in [1.54, 1.807) is 43.3 Å². The molecular formula is C21H26FN3O3S. The topological polar surface area (TPSA) is 69.7 Å². The summed E-state index contributed by atoms with van der Waals surface area (Å²) in [6.07, 6.45) is 0. The highest BCUT2D eigenvalue weighted by atomic mass is 32.2. The number of rotatable bonds is 6. The van der Waals surface area contributed by atoms with Gasteiger partial charge in [-0.05, 0) is 55.8 Å². The molecule has 156 valence electrons. The maximum atomic E-state index is 13.1. The van der Waals surface area contributed by atoms with Crippen LogP contribution in [-0.2, 0) is 16.6 Å². The molecule has 1 aliphatic rings. The molecule has 1 fully saturated rings. The van der Waals surface area contributed by atoms with Crippen LogP contribution in [0.15, 0.2) is 48.5 Å². The van der Waals surface area contributed by atoms with Crippen LogP contribution in [0.4, 0.5) is 10.1 Å². The van der Waals surface area contributed by atoms with E-state index in [4.69, 9.17) is 0 Å². The minimum Gasteiger partial charge on any atom is -0.333 e. The molecule has 1 atom stereocenters. The third-order valence-electron chi connectivity index (χ3n) is 5.08. The maximum absolute atomic E-state index is 13.1. The number of sulfonamides is 1. The Labute approximate surface area is 171 Å². The van der Waals surface area contributed by atoms with Crippen LogP contribution in [0.25, 0.3) is 0 Å². The third-order valence-corrected chi connectivity index (χ3v) is 6.38. The van der Waals surface area contributed by atoms with E-state index in [0.29, 0.717) is 17.8 Å². The Hall–Kier alpha value is -2.45. The molecule has 1 amide bonds. The van der Waals surface area contributed by atoms with E-state index in [2.05, 4.69) is 9.62 Å². The van der Waals surface area contributed by atoms with Gasteiger partial charge in [0.15, 0.2) is 0 Å². The van der Waals surface area contributed by atoms with E-state index in [1.165, 1.54) is 12.1 Å².